The highest BCUT2D eigenvalue weighted by molar-refractivity contribution is 8.00. The van der Waals surface area contributed by atoms with Gasteiger partial charge < -0.3 is 5.32 Å². The number of benzene rings is 2. The van der Waals surface area contributed by atoms with Crippen molar-refractivity contribution in [2.24, 2.45) is 0 Å². The molecule has 6 heteroatoms. The summed E-state index contributed by atoms with van der Waals surface area (Å²) in [6.07, 6.45) is 0. The van der Waals surface area contributed by atoms with E-state index in [0.29, 0.717) is 15.6 Å². The lowest BCUT2D eigenvalue weighted by Gasteiger charge is -2.14. The van der Waals surface area contributed by atoms with Gasteiger partial charge in [-0.3, -0.25) is 4.79 Å². The Labute approximate surface area is 136 Å². The van der Waals surface area contributed by atoms with Gasteiger partial charge in [-0.2, -0.15) is 0 Å². The van der Waals surface area contributed by atoms with Crippen LogP contribution in [0, 0.1) is 18.6 Å². The maximum absolute atomic E-state index is 13.2. The summed E-state index contributed by atoms with van der Waals surface area (Å²) in [6.45, 7) is 3.51. The van der Waals surface area contributed by atoms with Gasteiger partial charge in [0, 0.05) is 15.6 Å². The Morgan fingerprint density at radius 3 is 2.64 bits per heavy atom. The molecule has 0 spiro atoms. The van der Waals surface area contributed by atoms with E-state index in [1.807, 2.05) is 6.92 Å². The number of carbonyl (C=O) groups is 1. The molecule has 0 fully saturated rings. The number of nitrogens with one attached hydrogen (secondary N) is 1. The van der Waals surface area contributed by atoms with Gasteiger partial charge in [-0.25, -0.2) is 8.78 Å². The van der Waals surface area contributed by atoms with Crippen LogP contribution in [0.1, 0.15) is 12.5 Å². The Morgan fingerprint density at radius 1 is 1.23 bits per heavy atom. The molecular formula is C16H14ClF2NOS. The van der Waals surface area contributed by atoms with Crippen molar-refractivity contribution in [3.05, 3.63) is 58.6 Å². The molecule has 0 radical (unpaired) electrons. The largest absolute Gasteiger partial charge is 0.325 e. The first kappa shape index (κ1) is 16.8. The summed E-state index contributed by atoms with van der Waals surface area (Å²) >= 11 is 7.16. The highest BCUT2D eigenvalue weighted by atomic mass is 35.5. The topological polar surface area (TPSA) is 29.1 Å². The lowest BCUT2D eigenvalue weighted by atomic mass is 10.2. The van der Waals surface area contributed by atoms with Gasteiger partial charge in [0.1, 0.15) is 0 Å². The van der Waals surface area contributed by atoms with Crippen molar-refractivity contribution in [1.29, 1.82) is 0 Å². The molecule has 0 aromatic heterocycles. The number of amides is 1. The lowest BCUT2D eigenvalue weighted by Crippen LogP contribution is -2.22. The van der Waals surface area contributed by atoms with Crippen molar-refractivity contribution in [2.75, 3.05) is 5.32 Å². The van der Waals surface area contributed by atoms with Crippen LogP contribution in [0.5, 0.6) is 0 Å². The molecule has 2 nitrogen and oxygen atoms in total. The number of thioether (sulfide) groups is 1. The number of halogens is 3. The zero-order valence-electron chi connectivity index (χ0n) is 12.0. The Balaban J connectivity index is 2.06. The fourth-order valence-corrected chi connectivity index (χ4v) is 2.85. The maximum Gasteiger partial charge on any atom is 0.237 e. The summed E-state index contributed by atoms with van der Waals surface area (Å²) in [5.74, 6) is -2.07. The highest BCUT2D eigenvalue weighted by Gasteiger charge is 2.16. The third-order valence-electron chi connectivity index (χ3n) is 3.10. The first-order valence-electron chi connectivity index (χ1n) is 6.56. The van der Waals surface area contributed by atoms with Crippen molar-refractivity contribution in [3.8, 4) is 0 Å². The number of anilines is 1. The van der Waals surface area contributed by atoms with E-state index in [1.54, 1.807) is 25.1 Å². The van der Waals surface area contributed by atoms with Crippen LogP contribution in [-0.4, -0.2) is 11.2 Å². The van der Waals surface area contributed by atoms with Crippen LogP contribution in [0.4, 0.5) is 14.5 Å². The van der Waals surface area contributed by atoms with E-state index in [2.05, 4.69) is 5.32 Å². The van der Waals surface area contributed by atoms with Crippen molar-refractivity contribution in [3.63, 3.8) is 0 Å². The molecule has 2 aromatic carbocycles. The van der Waals surface area contributed by atoms with Crippen molar-refractivity contribution < 1.29 is 13.6 Å². The van der Waals surface area contributed by atoms with Crippen LogP contribution in [0.25, 0.3) is 0 Å². The molecule has 0 aliphatic rings. The van der Waals surface area contributed by atoms with Gasteiger partial charge >= 0.3 is 0 Å². The summed E-state index contributed by atoms with van der Waals surface area (Å²) in [6, 6.07) is 8.81. The molecule has 1 unspecified atom stereocenters. The van der Waals surface area contributed by atoms with Crippen LogP contribution in [0.3, 0.4) is 0 Å². The fourth-order valence-electron chi connectivity index (χ4n) is 1.79. The van der Waals surface area contributed by atoms with Gasteiger partial charge in [0.05, 0.1) is 5.25 Å². The molecule has 116 valence electrons. The minimum atomic E-state index is -0.928. The van der Waals surface area contributed by atoms with Crippen LogP contribution in [0.2, 0.25) is 5.02 Å². The Bertz CT molecular complexity index is 709. The fraction of sp³-hybridized carbons (Fsp3) is 0.188. The molecule has 22 heavy (non-hydrogen) atoms. The molecule has 1 N–H and O–H groups in total. The van der Waals surface area contributed by atoms with Gasteiger partial charge in [-0.15, -0.1) is 11.8 Å². The van der Waals surface area contributed by atoms with E-state index < -0.39 is 16.9 Å². The molecule has 0 aliphatic heterocycles. The van der Waals surface area contributed by atoms with E-state index >= 15 is 0 Å². The van der Waals surface area contributed by atoms with Gasteiger partial charge in [-0.05, 0) is 49.7 Å². The van der Waals surface area contributed by atoms with Crippen molar-refractivity contribution >= 4 is 35.0 Å². The van der Waals surface area contributed by atoms with E-state index in [9.17, 15) is 13.6 Å². The second kappa shape index (κ2) is 7.11. The monoisotopic (exact) mass is 341 g/mol. The Hall–Kier alpha value is -1.59. The van der Waals surface area contributed by atoms with Crippen molar-refractivity contribution in [2.45, 2.75) is 24.0 Å². The molecule has 0 heterocycles. The van der Waals surface area contributed by atoms with Gasteiger partial charge in [-0.1, -0.05) is 17.7 Å². The molecule has 1 atom stereocenters. The van der Waals surface area contributed by atoms with Crippen LogP contribution < -0.4 is 5.32 Å². The molecule has 2 aromatic rings. The second-order valence-electron chi connectivity index (χ2n) is 4.74. The zero-order chi connectivity index (χ0) is 16.3. The second-order valence-corrected chi connectivity index (χ2v) is 6.56. The van der Waals surface area contributed by atoms with Gasteiger partial charge in [0.15, 0.2) is 11.6 Å². The SMILES string of the molecule is Cc1c(Cl)cccc1NC(=O)C(C)Sc1ccc(F)c(F)c1. The standard InChI is InChI=1S/C16H14ClF2NOS/c1-9-12(17)4-3-5-15(9)20-16(21)10(2)22-11-6-7-13(18)14(19)8-11/h3-8,10H,1-2H3,(H,20,21). The van der Waals surface area contributed by atoms with E-state index in [1.165, 1.54) is 6.07 Å². The summed E-state index contributed by atoms with van der Waals surface area (Å²) in [4.78, 5) is 12.7. The van der Waals surface area contributed by atoms with Crippen LogP contribution in [0.15, 0.2) is 41.3 Å². The Morgan fingerprint density at radius 2 is 1.95 bits per heavy atom. The molecule has 0 saturated heterocycles. The average molecular weight is 342 g/mol. The molecular weight excluding hydrogens is 328 g/mol. The zero-order valence-corrected chi connectivity index (χ0v) is 13.6. The normalized spacial score (nSPS) is 12.0. The third kappa shape index (κ3) is 3.99. The molecule has 0 bridgehead atoms. The summed E-state index contributed by atoms with van der Waals surface area (Å²) in [5, 5.41) is 2.88. The highest BCUT2D eigenvalue weighted by Crippen LogP contribution is 2.27. The van der Waals surface area contributed by atoms with Crippen LogP contribution in [-0.2, 0) is 4.79 Å². The summed E-state index contributed by atoms with van der Waals surface area (Å²) < 4.78 is 26.1. The quantitative estimate of drug-likeness (QED) is 0.789. The molecule has 0 aliphatic carbocycles. The average Bonchev–Trinajstić information content (AvgIpc) is 2.47. The number of carbonyl (C=O) groups excluding carboxylic acids is 1. The predicted octanol–water partition coefficient (Wildman–Crippen LogP) is 5.05. The third-order valence-corrected chi connectivity index (χ3v) is 4.60. The molecule has 1 amide bonds. The van der Waals surface area contributed by atoms with Gasteiger partial charge in [0.25, 0.3) is 0 Å². The number of rotatable bonds is 4. The number of hydrogen-bond acceptors (Lipinski definition) is 2. The number of hydrogen-bond donors (Lipinski definition) is 1. The Kier molecular flexibility index (Phi) is 5.42. The van der Waals surface area contributed by atoms with Gasteiger partial charge in [0.2, 0.25) is 5.91 Å². The lowest BCUT2D eigenvalue weighted by molar-refractivity contribution is -0.115. The van der Waals surface area contributed by atoms with Crippen molar-refractivity contribution in [1.82, 2.24) is 0 Å². The maximum atomic E-state index is 13.2. The van der Waals surface area contributed by atoms with Crippen LogP contribution >= 0.6 is 23.4 Å². The first-order valence-corrected chi connectivity index (χ1v) is 7.82. The minimum Gasteiger partial charge on any atom is -0.325 e. The smallest absolute Gasteiger partial charge is 0.237 e. The van der Waals surface area contributed by atoms with E-state index in [-0.39, 0.29) is 5.91 Å². The minimum absolute atomic E-state index is 0.236. The summed E-state index contributed by atoms with van der Waals surface area (Å²) in [7, 11) is 0. The first-order chi connectivity index (χ1) is 10.4. The molecule has 0 saturated carbocycles. The molecule has 2 rings (SSSR count). The van der Waals surface area contributed by atoms with E-state index in [0.717, 1.165) is 29.5 Å². The van der Waals surface area contributed by atoms with E-state index in [4.69, 9.17) is 11.6 Å². The summed E-state index contributed by atoms with van der Waals surface area (Å²) in [5.41, 5.74) is 1.41. The predicted molar refractivity (Wildman–Crippen MR) is 86.5 cm³/mol.